The van der Waals surface area contributed by atoms with Gasteiger partial charge >= 0.3 is 30.9 Å². The molecule has 5 atom stereocenters. The zero-order valence-electron chi connectivity index (χ0n) is 82.0. The molecule has 10 aromatic carbocycles. The average Bonchev–Trinajstić information content (AvgIpc) is 1.54. The SMILES string of the molecule is CC.CC.CC.CC.CC.CC.CC.CC.CCc1c(C)c(C)c(C)c2c1-c1ccccc1C2(O)C(F)(F)F.CCc1c(C)c(C)cc2c1-c1ccccc1C2(O)C(F)(F)F.Cc1c(C)c(C)c2c(c1C)-c1ccccc1C2(O)C(F)(F)F.Cc1c(C)c(C)c2c(c1C)-c1ccccc1C2(O)C(F)(F)F.Cc1cc2c(c(C)c1C)-c1ccccc1C2(O)C(F)(F)F.[3HH].[U].[U].[U].[U]. The fourth-order valence-corrected chi connectivity index (χ4v) is 17.6. The third-order valence-corrected chi connectivity index (χ3v) is 24.6. The van der Waals surface area contributed by atoms with Gasteiger partial charge in [0.05, 0.1) is 0 Å². The number of aliphatic hydroxyl groups is 5. The van der Waals surface area contributed by atoms with Crippen LogP contribution in [0, 0.1) is 235 Å². The molecule has 710 valence electrons. The fourth-order valence-electron chi connectivity index (χ4n) is 17.6. The molecule has 0 bridgehead atoms. The zero-order valence-corrected chi connectivity index (χ0v) is 98.7. The van der Waals surface area contributed by atoms with Gasteiger partial charge in [-0.25, -0.2) is 0 Å². The van der Waals surface area contributed by atoms with Crippen LogP contribution in [0.5, 0.6) is 0 Å². The summed E-state index contributed by atoms with van der Waals surface area (Å²) in [7, 11) is 0. The van der Waals surface area contributed by atoms with Crippen molar-refractivity contribution in [2.45, 2.75) is 307 Å². The van der Waals surface area contributed by atoms with Gasteiger partial charge in [-0.2, -0.15) is 65.9 Å². The summed E-state index contributed by atoms with van der Waals surface area (Å²) < 4.78 is 206. The van der Waals surface area contributed by atoms with E-state index in [1.165, 1.54) is 66.7 Å². The molecule has 0 radical (unpaired) electrons. The first kappa shape index (κ1) is 127. The van der Waals surface area contributed by atoms with Crippen molar-refractivity contribution in [1.29, 1.82) is 0 Å². The van der Waals surface area contributed by atoms with Gasteiger partial charge in [0.2, 0.25) is 28.0 Å². The van der Waals surface area contributed by atoms with E-state index in [-0.39, 0.29) is 182 Å². The minimum atomic E-state index is -4.77. The number of hydrogen-bond donors (Lipinski definition) is 5. The second-order valence-electron chi connectivity index (χ2n) is 29.7. The number of aryl methyl sites for hydroxylation is 2. The van der Waals surface area contributed by atoms with Crippen molar-refractivity contribution in [2.24, 2.45) is 0 Å². The van der Waals surface area contributed by atoms with E-state index < -0.39 is 58.9 Å². The van der Waals surface area contributed by atoms with Crippen LogP contribution < -0.4 is 0 Å². The minimum absolute atomic E-state index is 0. The van der Waals surface area contributed by atoms with Gasteiger partial charge in [-0.1, -0.05) is 258 Å². The molecule has 0 fully saturated rings. The number of hydrogen-bond acceptors (Lipinski definition) is 5. The van der Waals surface area contributed by atoms with Gasteiger partial charge in [0, 0.05) is 182 Å². The summed E-state index contributed by atoms with van der Waals surface area (Å²) in [5, 5.41) is 53.5. The molecular weight excluding hydrogens is 2590 g/mol. The fraction of sp³-hybridized carbons (Fsp3) is 0.434. The van der Waals surface area contributed by atoms with Crippen LogP contribution in [0.4, 0.5) is 65.9 Å². The summed E-state index contributed by atoms with van der Waals surface area (Å²) in [6, 6.07) is 34.3. The van der Waals surface area contributed by atoms with Gasteiger partial charge in [-0.15, -0.1) is 0 Å². The quantitative estimate of drug-likeness (QED) is 0.111. The van der Waals surface area contributed by atoms with Crippen molar-refractivity contribution in [3.05, 3.63) is 289 Å². The topological polar surface area (TPSA) is 101 Å². The number of alkyl halides is 15. The molecule has 10 aromatic rings. The van der Waals surface area contributed by atoms with Crippen molar-refractivity contribution in [1.82, 2.24) is 0 Å². The normalized spacial score (nSPS) is 17.3. The van der Waals surface area contributed by atoms with Gasteiger partial charge in [-0.05, 0) is 279 Å². The molecule has 130 heavy (non-hydrogen) atoms. The van der Waals surface area contributed by atoms with Gasteiger partial charge < -0.3 is 25.5 Å². The van der Waals surface area contributed by atoms with E-state index in [1.54, 1.807) is 122 Å². The molecule has 0 aromatic heterocycles. The Morgan fingerprint density at radius 2 is 0.400 bits per heavy atom. The number of rotatable bonds is 2. The van der Waals surface area contributed by atoms with Crippen LogP contribution in [-0.2, 0) is 40.8 Å². The first-order chi connectivity index (χ1) is 58.8. The van der Waals surface area contributed by atoms with Crippen LogP contribution in [-0.4, -0.2) is 56.4 Å². The maximum absolute atomic E-state index is 13.9. The van der Waals surface area contributed by atoms with Crippen molar-refractivity contribution >= 4 is 0 Å². The maximum atomic E-state index is 13.9. The van der Waals surface area contributed by atoms with E-state index in [0.29, 0.717) is 85.2 Å². The van der Waals surface area contributed by atoms with E-state index >= 15 is 0 Å². The van der Waals surface area contributed by atoms with Gasteiger partial charge in [0.15, 0.2) is 0 Å². The molecule has 5 N–H and O–H groups in total. The Morgan fingerprint density at radius 1 is 0.215 bits per heavy atom. The molecular formula is C106H135F15O5U4. The summed E-state index contributed by atoms with van der Waals surface area (Å²) in [6.07, 6.45) is -22.6. The Kier molecular flexibility index (Phi) is 49.4. The summed E-state index contributed by atoms with van der Waals surface area (Å²) in [5.41, 5.74) is 4.38. The summed E-state index contributed by atoms with van der Waals surface area (Å²) in [5.74, 6) is 0. The smallest absolute Gasteiger partial charge is 0.372 e. The van der Waals surface area contributed by atoms with E-state index in [1.807, 2.05) is 180 Å². The van der Waals surface area contributed by atoms with Crippen molar-refractivity contribution < 1.29 is 217 Å². The Balaban J connectivity index is -0.00000149. The molecule has 0 saturated carbocycles. The Labute approximate surface area is 860 Å². The predicted molar refractivity (Wildman–Crippen MR) is 492 cm³/mol. The van der Waals surface area contributed by atoms with Crippen LogP contribution in [0.3, 0.4) is 0 Å². The van der Waals surface area contributed by atoms with Crippen LogP contribution in [0.25, 0.3) is 55.6 Å². The van der Waals surface area contributed by atoms with E-state index in [4.69, 9.17) is 0 Å². The molecule has 24 heteroatoms. The van der Waals surface area contributed by atoms with Crippen LogP contribution >= 0.6 is 0 Å². The predicted octanol–water partition coefficient (Wildman–Crippen LogP) is 31.8. The first-order valence-electron chi connectivity index (χ1n) is 43.9. The van der Waals surface area contributed by atoms with Crippen molar-refractivity contribution in [3.8, 4) is 55.6 Å². The first-order valence-corrected chi connectivity index (χ1v) is 43.9. The van der Waals surface area contributed by atoms with Crippen LogP contribution in [0.1, 0.15) is 282 Å². The zero-order chi connectivity index (χ0) is 97.9. The Bertz CT molecular complexity index is 5350. The van der Waals surface area contributed by atoms with Crippen LogP contribution in [0.15, 0.2) is 133 Å². The molecule has 0 saturated heterocycles. The third kappa shape index (κ3) is 21.7. The molecule has 0 spiro atoms. The van der Waals surface area contributed by atoms with E-state index in [0.717, 1.165) is 83.5 Å². The summed E-state index contributed by atoms with van der Waals surface area (Å²) in [4.78, 5) is 0. The second-order valence-corrected chi connectivity index (χ2v) is 29.7. The number of benzene rings is 10. The van der Waals surface area contributed by atoms with E-state index in [9.17, 15) is 91.4 Å². The molecule has 15 rings (SSSR count). The standard InChI is InChI=1S/C19H19F3O.3C18H17F3O.C17H15F3O.8C2H6.4U.H2/c1-5-13-11(3)10(2)12(4)17-16(13)14-8-6-7-9-15(14)18(17,23)19(20,21)22;2*1-9-10(2)12(4)16-15(11(9)3)13-7-5-6-8-14(13)17(16,22)18(19,20)21;1-4-12-11(3)10(2)9-15-16(12)13-7-5-6-8-14(13)17(15,22)18(19,20)21;1-9-8-14-15(11(3)10(9)2)12-6-4-5-7-13(12)16(14,21)17(18,19)20;8*1-2;;;;;/h6-9,23H,5H2,1-4H3;2*5-8,22H,1-4H3;5-9,22H,4H2,1-3H3;4-8,21H,1-3H3;8*1-2H3;;;;;1H/i;;;;;;;;;;;;;;;;;1+2. The molecule has 5 unspecified atom stereocenters. The van der Waals surface area contributed by atoms with Crippen molar-refractivity contribution in [3.63, 3.8) is 0 Å². The monoisotopic (exact) mass is 2730 g/mol. The molecule has 0 heterocycles. The maximum Gasteiger partial charge on any atom is 0.425 e. The second kappa shape index (κ2) is 50.5. The van der Waals surface area contributed by atoms with Gasteiger partial charge in [0.25, 0.3) is 0 Å². The summed E-state index contributed by atoms with van der Waals surface area (Å²) in [6.45, 7) is 64.8. The number of halogens is 15. The molecule has 0 aliphatic heterocycles. The molecule has 5 aliphatic carbocycles. The molecule has 5 nitrogen and oxygen atoms in total. The average molecular weight is 2730 g/mol. The Morgan fingerprint density at radius 3 is 0.662 bits per heavy atom. The minimum Gasteiger partial charge on any atom is -0.372 e. The number of fused-ring (bicyclic) bond motifs is 15. The van der Waals surface area contributed by atoms with Crippen LogP contribution in [0.2, 0.25) is 0 Å². The van der Waals surface area contributed by atoms with Gasteiger partial charge in [0.1, 0.15) is 0 Å². The molecule has 0 amide bonds. The van der Waals surface area contributed by atoms with E-state index in [2.05, 4.69) is 0 Å². The third-order valence-electron chi connectivity index (χ3n) is 24.6. The molecule has 5 aliphatic rings. The van der Waals surface area contributed by atoms with Crippen molar-refractivity contribution in [2.75, 3.05) is 0 Å². The largest absolute Gasteiger partial charge is 0.425 e. The Hall–Kier alpha value is -4.84. The summed E-state index contributed by atoms with van der Waals surface area (Å²) >= 11 is 0. The van der Waals surface area contributed by atoms with Gasteiger partial charge in [-0.3, -0.25) is 0 Å².